The molecule has 2 aromatic carbocycles. The number of Topliss-reactive ketones (excluding diaryl/α,β-unsaturated/α-hetero) is 1. The highest BCUT2D eigenvalue weighted by Crippen LogP contribution is 2.31. The number of ether oxygens (including phenoxy) is 2. The van der Waals surface area contributed by atoms with Gasteiger partial charge in [0.2, 0.25) is 0 Å². The first-order chi connectivity index (χ1) is 10.6. The number of benzene rings is 2. The van der Waals surface area contributed by atoms with Crippen LogP contribution in [0, 0.1) is 6.92 Å². The molecule has 0 spiro atoms. The molecule has 112 valence electrons. The maximum absolute atomic E-state index is 12.5. The summed E-state index contributed by atoms with van der Waals surface area (Å²) >= 11 is 0. The van der Waals surface area contributed by atoms with Crippen LogP contribution < -0.4 is 9.47 Å². The number of hydrogen-bond acceptors (Lipinski definition) is 4. The van der Waals surface area contributed by atoms with Gasteiger partial charge in [-0.3, -0.25) is 4.79 Å². The maximum Gasteiger partial charge on any atom is 0.196 e. The van der Waals surface area contributed by atoms with Crippen molar-refractivity contribution < 1.29 is 19.4 Å². The first-order valence-electron chi connectivity index (χ1n) is 6.94. The van der Waals surface area contributed by atoms with Crippen LogP contribution in [-0.2, 0) is 0 Å². The Morgan fingerprint density at radius 2 is 2.05 bits per heavy atom. The molecular formula is C18H16O4. The summed E-state index contributed by atoms with van der Waals surface area (Å²) in [5, 5.41) is 9.81. The predicted octanol–water partition coefficient (Wildman–Crippen LogP) is 3.37. The number of rotatable bonds is 2. The Balaban J connectivity index is 1.96. The molecule has 0 aromatic heterocycles. The van der Waals surface area contributed by atoms with Crippen molar-refractivity contribution in [3.8, 4) is 17.2 Å². The molecule has 0 fully saturated rings. The molecule has 0 radical (unpaired) electrons. The second-order valence-electron chi connectivity index (χ2n) is 5.22. The summed E-state index contributed by atoms with van der Waals surface area (Å²) in [7, 11) is 1.49. The van der Waals surface area contributed by atoms with Gasteiger partial charge in [-0.25, -0.2) is 0 Å². The van der Waals surface area contributed by atoms with Gasteiger partial charge < -0.3 is 14.6 Å². The van der Waals surface area contributed by atoms with Gasteiger partial charge in [-0.05, 0) is 42.8 Å². The van der Waals surface area contributed by atoms with E-state index in [1.54, 1.807) is 24.3 Å². The van der Waals surface area contributed by atoms with E-state index in [4.69, 9.17) is 9.47 Å². The minimum atomic E-state index is -0.0414. The van der Waals surface area contributed by atoms with E-state index in [-0.39, 0.29) is 18.1 Å². The lowest BCUT2D eigenvalue weighted by Crippen LogP contribution is -2.19. The third-order valence-corrected chi connectivity index (χ3v) is 3.60. The van der Waals surface area contributed by atoms with Gasteiger partial charge in [0.1, 0.15) is 12.4 Å². The fourth-order valence-corrected chi connectivity index (χ4v) is 2.45. The number of aryl methyl sites for hydroxylation is 1. The molecule has 1 heterocycles. The van der Waals surface area contributed by atoms with Crippen LogP contribution in [0.1, 0.15) is 21.5 Å². The summed E-state index contributed by atoms with van der Waals surface area (Å²) in [4.78, 5) is 12.5. The normalized spacial score (nSPS) is 15.4. The number of carbonyl (C=O) groups excluding carboxylic acids is 1. The second-order valence-corrected chi connectivity index (χ2v) is 5.22. The summed E-state index contributed by atoms with van der Waals surface area (Å²) in [5.74, 6) is 1.01. The Bertz CT molecular complexity index is 775. The van der Waals surface area contributed by atoms with E-state index in [0.29, 0.717) is 22.6 Å². The maximum atomic E-state index is 12.5. The Kier molecular flexibility index (Phi) is 3.59. The molecule has 0 bridgehead atoms. The van der Waals surface area contributed by atoms with Crippen molar-refractivity contribution in [1.82, 2.24) is 0 Å². The van der Waals surface area contributed by atoms with Crippen LogP contribution in [0.25, 0.3) is 6.08 Å². The van der Waals surface area contributed by atoms with Crippen molar-refractivity contribution in [2.75, 3.05) is 13.7 Å². The molecule has 22 heavy (non-hydrogen) atoms. The van der Waals surface area contributed by atoms with E-state index >= 15 is 0 Å². The first-order valence-corrected chi connectivity index (χ1v) is 6.94. The topological polar surface area (TPSA) is 55.8 Å². The van der Waals surface area contributed by atoms with Crippen molar-refractivity contribution in [2.45, 2.75) is 6.92 Å². The lowest BCUT2D eigenvalue weighted by Gasteiger charge is -2.19. The fourth-order valence-electron chi connectivity index (χ4n) is 2.45. The Morgan fingerprint density at radius 3 is 2.77 bits per heavy atom. The van der Waals surface area contributed by atoms with Crippen LogP contribution in [0.3, 0.4) is 0 Å². The summed E-state index contributed by atoms with van der Waals surface area (Å²) in [6.45, 7) is 2.16. The molecule has 1 aliphatic heterocycles. The third-order valence-electron chi connectivity index (χ3n) is 3.60. The van der Waals surface area contributed by atoms with Gasteiger partial charge in [-0.15, -0.1) is 0 Å². The van der Waals surface area contributed by atoms with E-state index in [2.05, 4.69) is 0 Å². The first kappa shape index (κ1) is 14.2. The van der Waals surface area contributed by atoms with Gasteiger partial charge in [0.15, 0.2) is 17.3 Å². The average Bonchev–Trinajstić information content (AvgIpc) is 2.51. The number of fused-ring (bicyclic) bond motifs is 1. The molecule has 3 rings (SSSR count). The summed E-state index contributed by atoms with van der Waals surface area (Å²) in [5.41, 5.74) is 2.87. The molecule has 0 saturated heterocycles. The number of ketones is 1. The van der Waals surface area contributed by atoms with E-state index in [1.165, 1.54) is 7.11 Å². The summed E-state index contributed by atoms with van der Waals surface area (Å²) < 4.78 is 10.6. The zero-order valence-corrected chi connectivity index (χ0v) is 12.4. The zero-order valence-electron chi connectivity index (χ0n) is 12.4. The van der Waals surface area contributed by atoms with Crippen LogP contribution in [0.15, 0.2) is 42.0 Å². The van der Waals surface area contributed by atoms with E-state index in [9.17, 15) is 9.90 Å². The number of carbonyl (C=O) groups is 1. The fraction of sp³-hybridized carbons (Fsp3) is 0.167. The smallest absolute Gasteiger partial charge is 0.196 e. The number of hydrogen-bond donors (Lipinski definition) is 1. The highest BCUT2D eigenvalue weighted by molar-refractivity contribution is 6.14. The van der Waals surface area contributed by atoms with Crippen LogP contribution >= 0.6 is 0 Å². The Morgan fingerprint density at radius 1 is 1.23 bits per heavy atom. The molecule has 0 aliphatic carbocycles. The van der Waals surface area contributed by atoms with E-state index in [1.807, 2.05) is 25.1 Å². The van der Waals surface area contributed by atoms with Crippen LogP contribution in [0.2, 0.25) is 0 Å². The standard InChI is InChI=1S/C18H16O4/c1-11-3-5-16-14(7-11)18(20)13(10-22-16)8-12-4-6-17(21-2)15(19)9-12/h3-9,19H,10H2,1-2H3. The SMILES string of the molecule is COc1ccc(C=C2COc3ccc(C)cc3C2=O)cc1O. The number of phenols is 1. The minimum absolute atomic E-state index is 0.0391. The van der Waals surface area contributed by atoms with Crippen molar-refractivity contribution in [3.63, 3.8) is 0 Å². The third kappa shape index (κ3) is 2.55. The molecule has 0 unspecified atom stereocenters. The summed E-state index contributed by atoms with van der Waals surface area (Å²) in [6, 6.07) is 10.6. The molecule has 4 heteroatoms. The number of methoxy groups -OCH3 is 1. The quantitative estimate of drug-likeness (QED) is 0.863. The van der Waals surface area contributed by atoms with Crippen LogP contribution in [0.5, 0.6) is 17.2 Å². The zero-order chi connectivity index (χ0) is 15.7. The average molecular weight is 296 g/mol. The van der Waals surface area contributed by atoms with Gasteiger partial charge in [-0.1, -0.05) is 17.7 Å². The van der Waals surface area contributed by atoms with Crippen molar-refractivity contribution in [2.24, 2.45) is 0 Å². The predicted molar refractivity (Wildman–Crippen MR) is 83.6 cm³/mol. The van der Waals surface area contributed by atoms with Gasteiger partial charge in [-0.2, -0.15) is 0 Å². The largest absolute Gasteiger partial charge is 0.504 e. The molecule has 0 atom stereocenters. The highest BCUT2D eigenvalue weighted by atomic mass is 16.5. The van der Waals surface area contributed by atoms with Crippen LogP contribution in [0.4, 0.5) is 0 Å². The van der Waals surface area contributed by atoms with Gasteiger partial charge in [0.05, 0.1) is 12.7 Å². The number of aromatic hydroxyl groups is 1. The molecule has 1 N–H and O–H groups in total. The molecule has 1 aliphatic rings. The molecule has 0 amide bonds. The second kappa shape index (κ2) is 5.56. The molecule has 0 saturated carbocycles. The summed E-state index contributed by atoms with van der Waals surface area (Å²) in [6.07, 6.45) is 1.73. The lowest BCUT2D eigenvalue weighted by atomic mass is 9.97. The Labute approximate surface area is 128 Å². The van der Waals surface area contributed by atoms with Gasteiger partial charge in [0.25, 0.3) is 0 Å². The van der Waals surface area contributed by atoms with E-state index in [0.717, 1.165) is 11.1 Å². The highest BCUT2D eigenvalue weighted by Gasteiger charge is 2.23. The molecule has 4 nitrogen and oxygen atoms in total. The van der Waals surface area contributed by atoms with Crippen molar-refractivity contribution >= 4 is 11.9 Å². The van der Waals surface area contributed by atoms with Crippen molar-refractivity contribution in [3.05, 3.63) is 58.7 Å². The van der Waals surface area contributed by atoms with Crippen molar-refractivity contribution in [1.29, 1.82) is 0 Å². The number of phenolic OH excluding ortho intramolecular Hbond substituents is 1. The monoisotopic (exact) mass is 296 g/mol. The Hall–Kier alpha value is -2.75. The molecule has 2 aromatic rings. The van der Waals surface area contributed by atoms with Crippen LogP contribution in [-0.4, -0.2) is 24.6 Å². The van der Waals surface area contributed by atoms with Gasteiger partial charge >= 0.3 is 0 Å². The van der Waals surface area contributed by atoms with Gasteiger partial charge in [0, 0.05) is 5.57 Å². The molecular weight excluding hydrogens is 280 g/mol. The lowest BCUT2D eigenvalue weighted by molar-refractivity contribution is 0.100. The van der Waals surface area contributed by atoms with E-state index < -0.39 is 0 Å². The minimum Gasteiger partial charge on any atom is -0.504 e.